The van der Waals surface area contributed by atoms with Crippen LogP contribution in [-0.2, 0) is 13.1 Å². The van der Waals surface area contributed by atoms with Crippen LogP contribution in [0.1, 0.15) is 41.3 Å². The number of hydrogen-bond donors (Lipinski definition) is 2. The number of aromatic nitrogens is 2. The lowest BCUT2D eigenvalue weighted by Crippen LogP contribution is -2.41. The molecule has 1 aliphatic rings. The number of oxazole rings is 1. The van der Waals surface area contributed by atoms with Gasteiger partial charge in [0, 0.05) is 25.5 Å². The highest BCUT2D eigenvalue weighted by Gasteiger charge is 2.21. The molecule has 1 aliphatic heterocycles. The normalized spacial score (nSPS) is 15.7. The summed E-state index contributed by atoms with van der Waals surface area (Å²) in [6.45, 7) is 9.93. The summed E-state index contributed by atoms with van der Waals surface area (Å²) >= 11 is 0. The van der Waals surface area contributed by atoms with Crippen molar-refractivity contribution in [1.82, 2.24) is 25.5 Å². The van der Waals surface area contributed by atoms with E-state index in [1.165, 1.54) is 0 Å². The fourth-order valence-electron chi connectivity index (χ4n) is 3.32. The van der Waals surface area contributed by atoms with Gasteiger partial charge in [0.25, 0.3) is 0 Å². The van der Waals surface area contributed by atoms with Crippen LogP contribution in [0.4, 0.5) is 4.79 Å². The topological polar surface area (TPSA) is 83.3 Å². The first-order valence-electron chi connectivity index (χ1n) is 9.57. The Labute approximate surface area is 160 Å². The van der Waals surface area contributed by atoms with Crippen LogP contribution in [0.2, 0.25) is 0 Å². The first kappa shape index (κ1) is 19.4. The zero-order valence-corrected chi connectivity index (χ0v) is 16.4. The Kier molecular flexibility index (Phi) is 6.45. The van der Waals surface area contributed by atoms with Crippen molar-refractivity contribution in [3.05, 3.63) is 46.9 Å². The van der Waals surface area contributed by atoms with Gasteiger partial charge in [-0.05, 0) is 69.8 Å². The molecule has 0 spiro atoms. The van der Waals surface area contributed by atoms with Gasteiger partial charge in [0.1, 0.15) is 5.76 Å². The Balaban J connectivity index is 1.34. The van der Waals surface area contributed by atoms with Crippen molar-refractivity contribution in [3.63, 3.8) is 0 Å². The van der Waals surface area contributed by atoms with Gasteiger partial charge < -0.3 is 15.1 Å². The molecular formula is C20H29N5O2. The number of hydrogen-bond acceptors (Lipinski definition) is 5. The number of carbonyl (C=O) groups is 1. The van der Waals surface area contributed by atoms with Crippen LogP contribution in [0, 0.1) is 26.7 Å². The number of rotatable bonds is 6. The van der Waals surface area contributed by atoms with Crippen LogP contribution in [0.25, 0.3) is 0 Å². The maximum absolute atomic E-state index is 12.0. The van der Waals surface area contributed by atoms with Crippen molar-refractivity contribution in [1.29, 1.82) is 0 Å². The highest BCUT2D eigenvalue weighted by atomic mass is 16.4. The van der Waals surface area contributed by atoms with Gasteiger partial charge in [0.2, 0.25) is 5.89 Å². The van der Waals surface area contributed by atoms with Crippen molar-refractivity contribution in [2.45, 2.75) is 46.7 Å². The lowest BCUT2D eigenvalue weighted by molar-refractivity contribution is 0.162. The van der Waals surface area contributed by atoms with Crippen molar-refractivity contribution in [3.8, 4) is 0 Å². The summed E-state index contributed by atoms with van der Waals surface area (Å²) in [5.41, 5.74) is 3.14. The van der Waals surface area contributed by atoms with E-state index in [2.05, 4.69) is 25.5 Å². The molecule has 2 aromatic heterocycles. The lowest BCUT2D eigenvalue weighted by atomic mass is 9.97. The largest absolute Gasteiger partial charge is 0.444 e. The van der Waals surface area contributed by atoms with Crippen molar-refractivity contribution >= 4 is 6.03 Å². The Morgan fingerprint density at radius 3 is 2.70 bits per heavy atom. The van der Waals surface area contributed by atoms with Crippen molar-refractivity contribution in [2.75, 3.05) is 19.6 Å². The molecule has 0 radical (unpaired) electrons. The van der Waals surface area contributed by atoms with Crippen LogP contribution >= 0.6 is 0 Å². The molecule has 146 valence electrons. The SMILES string of the molecule is Cc1cnccc1CNC(=O)NCC1CCN(Cc2nc(C)c(C)o2)CC1. The molecule has 1 saturated heterocycles. The summed E-state index contributed by atoms with van der Waals surface area (Å²) in [6, 6.07) is 1.82. The van der Waals surface area contributed by atoms with Gasteiger partial charge in [0.15, 0.2) is 0 Å². The number of likely N-dealkylation sites (tertiary alicyclic amines) is 1. The zero-order chi connectivity index (χ0) is 19.2. The molecule has 2 amide bonds. The summed E-state index contributed by atoms with van der Waals surface area (Å²) < 4.78 is 5.67. The molecule has 0 aliphatic carbocycles. The van der Waals surface area contributed by atoms with Gasteiger partial charge in [-0.25, -0.2) is 9.78 Å². The molecule has 0 atom stereocenters. The summed E-state index contributed by atoms with van der Waals surface area (Å²) in [4.78, 5) is 22.9. The van der Waals surface area contributed by atoms with E-state index in [0.717, 1.165) is 60.9 Å². The smallest absolute Gasteiger partial charge is 0.315 e. The molecule has 27 heavy (non-hydrogen) atoms. The van der Waals surface area contributed by atoms with E-state index in [0.29, 0.717) is 19.0 Å². The average Bonchev–Trinajstić information content (AvgIpc) is 2.97. The minimum absolute atomic E-state index is 0.112. The Hall–Kier alpha value is -2.41. The zero-order valence-electron chi connectivity index (χ0n) is 16.4. The van der Waals surface area contributed by atoms with Crippen LogP contribution in [-0.4, -0.2) is 40.5 Å². The van der Waals surface area contributed by atoms with Gasteiger partial charge in [0.05, 0.1) is 12.2 Å². The average molecular weight is 371 g/mol. The second kappa shape index (κ2) is 8.99. The Morgan fingerprint density at radius 2 is 2.04 bits per heavy atom. The first-order valence-corrected chi connectivity index (χ1v) is 9.57. The summed E-state index contributed by atoms with van der Waals surface area (Å²) in [6.07, 6.45) is 5.70. The summed E-state index contributed by atoms with van der Waals surface area (Å²) in [7, 11) is 0. The van der Waals surface area contributed by atoms with E-state index < -0.39 is 0 Å². The second-order valence-corrected chi connectivity index (χ2v) is 7.33. The minimum atomic E-state index is -0.112. The van der Waals surface area contributed by atoms with Crippen LogP contribution < -0.4 is 10.6 Å². The predicted octanol–water partition coefficient (Wildman–Crippen LogP) is 2.71. The van der Waals surface area contributed by atoms with Gasteiger partial charge in [-0.3, -0.25) is 9.88 Å². The van der Waals surface area contributed by atoms with Gasteiger partial charge in [-0.15, -0.1) is 0 Å². The van der Waals surface area contributed by atoms with E-state index in [9.17, 15) is 4.79 Å². The number of amides is 2. The van der Waals surface area contributed by atoms with Crippen LogP contribution in [0.15, 0.2) is 22.9 Å². The lowest BCUT2D eigenvalue weighted by Gasteiger charge is -2.31. The quantitative estimate of drug-likeness (QED) is 0.816. The van der Waals surface area contributed by atoms with E-state index in [4.69, 9.17) is 4.42 Å². The van der Waals surface area contributed by atoms with E-state index >= 15 is 0 Å². The maximum atomic E-state index is 12.0. The predicted molar refractivity (Wildman–Crippen MR) is 103 cm³/mol. The highest BCUT2D eigenvalue weighted by molar-refractivity contribution is 5.73. The number of aryl methyl sites for hydroxylation is 3. The molecular weight excluding hydrogens is 342 g/mol. The van der Waals surface area contributed by atoms with Gasteiger partial charge >= 0.3 is 6.03 Å². The number of carbonyl (C=O) groups excluding carboxylic acids is 1. The fraction of sp³-hybridized carbons (Fsp3) is 0.550. The third-order valence-corrected chi connectivity index (χ3v) is 5.27. The number of nitrogens with one attached hydrogen (secondary N) is 2. The minimum Gasteiger partial charge on any atom is -0.444 e. The Bertz CT molecular complexity index is 746. The van der Waals surface area contributed by atoms with Gasteiger partial charge in [-0.2, -0.15) is 0 Å². The molecule has 7 nitrogen and oxygen atoms in total. The second-order valence-electron chi connectivity index (χ2n) is 7.33. The molecule has 1 fully saturated rings. The summed E-state index contributed by atoms with van der Waals surface area (Å²) in [5, 5.41) is 5.92. The van der Waals surface area contributed by atoms with E-state index in [1.807, 2.05) is 33.0 Å². The van der Waals surface area contributed by atoms with Crippen molar-refractivity contribution < 1.29 is 9.21 Å². The molecule has 2 N–H and O–H groups in total. The van der Waals surface area contributed by atoms with Crippen LogP contribution in [0.3, 0.4) is 0 Å². The van der Waals surface area contributed by atoms with E-state index in [1.54, 1.807) is 6.20 Å². The first-order chi connectivity index (χ1) is 13.0. The third-order valence-electron chi connectivity index (χ3n) is 5.27. The summed E-state index contributed by atoms with van der Waals surface area (Å²) in [5.74, 6) is 2.21. The van der Waals surface area contributed by atoms with E-state index in [-0.39, 0.29) is 6.03 Å². The number of nitrogens with zero attached hydrogens (tertiary/aromatic N) is 3. The number of piperidine rings is 1. The third kappa shape index (κ3) is 5.53. The van der Waals surface area contributed by atoms with Crippen molar-refractivity contribution in [2.24, 2.45) is 5.92 Å². The standard InChI is InChI=1S/C20H29N5O2/c1-14-10-21-7-4-18(14)12-23-20(26)22-11-17-5-8-25(9-6-17)13-19-24-15(2)16(3)27-19/h4,7,10,17H,5-6,8-9,11-13H2,1-3H3,(H2,22,23,26). The molecule has 3 heterocycles. The number of pyridine rings is 1. The molecule has 3 rings (SSSR count). The Morgan fingerprint density at radius 1 is 1.26 bits per heavy atom. The highest BCUT2D eigenvalue weighted by Crippen LogP contribution is 2.19. The maximum Gasteiger partial charge on any atom is 0.315 e. The molecule has 7 heteroatoms. The molecule has 0 bridgehead atoms. The fourth-order valence-corrected chi connectivity index (χ4v) is 3.32. The molecule has 0 saturated carbocycles. The molecule has 2 aromatic rings. The monoisotopic (exact) mass is 371 g/mol. The number of urea groups is 1. The molecule has 0 unspecified atom stereocenters. The van der Waals surface area contributed by atoms with Crippen LogP contribution in [0.5, 0.6) is 0 Å². The van der Waals surface area contributed by atoms with Gasteiger partial charge in [-0.1, -0.05) is 0 Å². The molecule has 0 aromatic carbocycles.